The molecule has 0 fully saturated rings. The molecule has 0 aromatic heterocycles. The van der Waals surface area contributed by atoms with Gasteiger partial charge in [0.25, 0.3) is 0 Å². The fourth-order valence-electron chi connectivity index (χ4n) is 4.68. The van der Waals surface area contributed by atoms with Gasteiger partial charge in [0.2, 0.25) is 0 Å². The topological polar surface area (TPSA) is 0 Å². The van der Waals surface area contributed by atoms with Crippen molar-refractivity contribution in [3.63, 3.8) is 0 Å². The summed E-state index contributed by atoms with van der Waals surface area (Å²) in [7, 11) is 0. The normalized spacial score (nSPS) is 10.8. The van der Waals surface area contributed by atoms with Crippen LogP contribution in [0.2, 0.25) is 0 Å². The van der Waals surface area contributed by atoms with E-state index in [1.165, 1.54) is 32.7 Å². The Morgan fingerprint density at radius 1 is 0.548 bits per heavy atom. The summed E-state index contributed by atoms with van der Waals surface area (Å²) >= 11 is 0. The molecule has 0 aliphatic heterocycles. The zero-order valence-corrected chi connectivity index (χ0v) is 29.9. The van der Waals surface area contributed by atoms with E-state index in [2.05, 4.69) is 84.0 Å². The van der Waals surface area contributed by atoms with E-state index in [-0.39, 0.29) is 44.1 Å². The minimum Gasteiger partial charge on any atom is -0.358 e. The summed E-state index contributed by atoms with van der Waals surface area (Å²) in [6.07, 6.45) is 0. The van der Waals surface area contributed by atoms with Gasteiger partial charge in [-0.25, -0.2) is 18.7 Å². The van der Waals surface area contributed by atoms with Crippen LogP contribution in [-0.4, -0.2) is 0 Å². The van der Waals surface area contributed by atoms with Gasteiger partial charge in [-0.05, 0) is 10.8 Å². The first kappa shape index (κ1) is 34.9. The Balaban J connectivity index is 0.000000253. The van der Waals surface area contributed by atoms with Gasteiger partial charge in [-0.3, -0.25) is 0 Å². The van der Waals surface area contributed by atoms with Gasteiger partial charge in [0.15, 0.2) is 0 Å². The molecule has 0 saturated carbocycles. The molecule has 0 saturated heterocycles. The van der Waals surface area contributed by atoms with Gasteiger partial charge in [0.1, 0.15) is 0 Å². The minimum absolute atomic E-state index is 0. The molecule has 0 spiro atoms. The molecule has 6 rings (SSSR count). The Morgan fingerprint density at radius 3 is 1.24 bits per heavy atom. The second kappa shape index (κ2) is 15.3. The molecule has 6 aromatic carbocycles. The zero-order valence-electron chi connectivity index (χ0n) is 26.3. The SMILES string of the molecule is CC(C)(C)c1ccc2c(c1)[cH-]c1cc(C(C)(C)C)ccc12.[CH-]=C(c1ccccc1)c1ccccc1.[CH3-].[Hf+4].c1cc[cH-]c1. The second-order valence-electron chi connectivity index (χ2n) is 12.4. The van der Waals surface area contributed by atoms with Gasteiger partial charge in [0.05, 0.1) is 0 Å². The first-order valence-corrected chi connectivity index (χ1v) is 14.1. The van der Waals surface area contributed by atoms with E-state index in [0.717, 1.165) is 16.7 Å². The van der Waals surface area contributed by atoms with Crippen molar-refractivity contribution in [1.29, 1.82) is 0 Å². The van der Waals surface area contributed by atoms with Gasteiger partial charge in [0, 0.05) is 0 Å². The molecular formula is C41H44Hf. The largest absolute Gasteiger partial charge is 4.00 e. The molecule has 0 aliphatic carbocycles. The molecule has 212 valence electrons. The average molecular weight is 715 g/mol. The van der Waals surface area contributed by atoms with E-state index in [9.17, 15) is 0 Å². The van der Waals surface area contributed by atoms with Crippen LogP contribution in [0.3, 0.4) is 0 Å². The van der Waals surface area contributed by atoms with Crippen molar-refractivity contribution < 1.29 is 25.8 Å². The van der Waals surface area contributed by atoms with Crippen LogP contribution in [0.4, 0.5) is 0 Å². The van der Waals surface area contributed by atoms with Crippen molar-refractivity contribution in [2.24, 2.45) is 0 Å². The van der Waals surface area contributed by atoms with Gasteiger partial charge < -0.3 is 7.43 Å². The number of benzene rings is 4. The second-order valence-corrected chi connectivity index (χ2v) is 12.4. The minimum atomic E-state index is 0. The fourth-order valence-corrected chi connectivity index (χ4v) is 4.68. The van der Waals surface area contributed by atoms with Crippen molar-refractivity contribution in [1.82, 2.24) is 0 Å². The van der Waals surface area contributed by atoms with Crippen LogP contribution in [0.1, 0.15) is 63.8 Å². The van der Waals surface area contributed by atoms with E-state index in [0.29, 0.717) is 0 Å². The summed E-state index contributed by atoms with van der Waals surface area (Å²) in [5.41, 5.74) is 6.17. The molecular weight excluding hydrogens is 671 g/mol. The molecule has 0 bridgehead atoms. The fraction of sp³-hybridized carbons (Fsp3) is 0.195. The predicted molar refractivity (Wildman–Crippen MR) is 183 cm³/mol. The smallest absolute Gasteiger partial charge is 0.358 e. The monoisotopic (exact) mass is 716 g/mol. The summed E-state index contributed by atoms with van der Waals surface area (Å²) in [4.78, 5) is 0. The van der Waals surface area contributed by atoms with E-state index in [1.807, 2.05) is 91.0 Å². The van der Waals surface area contributed by atoms with Gasteiger partial charge >= 0.3 is 25.8 Å². The Morgan fingerprint density at radius 2 is 0.929 bits per heavy atom. The summed E-state index contributed by atoms with van der Waals surface area (Å²) < 4.78 is 0. The maximum atomic E-state index is 6.03. The number of fused-ring (bicyclic) bond motifs is 3. The number of hydrogen-bond donors (Lipinski definition) is 0. The average Bonchev–Trinajstić information content (AvgIpc) is 3.64. The first-order valence-electron chi connectivity index (χ1n) is 14.1. The Labute approximate surface area is 273 Å². The van der Waals surface area contributed by atoms with Crippen LogP contribution in [0.15, 0.2) is 133 Å². The maximum Gasteiger partial charge on any atom is 4.00 e. The number of hydrogen-bond acceptors (Lipinski definition) is 0. The van der Waals surface area contributed by atoms with Crippen LogP contribution in [0.5, 0.6) is 0 Å². The van der Waals surface area contributed by atoms with Crippen molar-refractivity contribution >= 4 is 27.1 Å². The molecule has 0 nitrogen and oxygen atoms in total. The Hall–Kier alpha value is -3.29. The summed E-state index contributed by atoms with van der Waals surface area (Å²) in [5, 5.41) is 5.48. The summed E-state index contributed by atoms with van der Waals surface area (Å²) in [6.45, 7) is 19.7. The third kappa shape index (κ3) is 9.10. The molecule has 0 unspecified atom stereocenters. The molecule has 0 radical (unpaired) electrons. The third-order valence-corrected chi connectivity index (χ3v) is 7.16. The van der Waals surface area contributed by atoms with Gasteiger partial charge in [-0.1, -0.05) is 113 Å². The van der Waals surface area contributed by atoms with Crippen LogP contribution < -0.4 is 0 Å². The molecule has 42 heavy (non-hydrogen) atoms. The van der Waals surface area contributed by atoms with Crippen LogP contribution >= 0.6 is 0 Å². The van der Waals surface area contributed by atoms with E-state index in [4.69, 9.17) is 6.58 Å². The molecule has 0 heterocycles. The van der Waals surface area contributed by atoms with Crippen LogP contribution in [0, 0.1) is 14.0 Å². The Bertz CT molecular complexity index is 1510. The predicted octanol–water partition coefficient (Wildman–Crippen LogP) is 11.7. The Kier molecular flexibility index (Phi) is 12.7. The molecule has 0 N–H and O–H groups in total. The summed E-state index contributed by atoms with van der Waals surface area (Å²) in [6, 6.07) is 46.2. The van der Waals surface area contributed by atoms with E-state index >= 15 is 0 Å². The zero-order chi connectivity index (χ0) is 28.8. The summed E-state index contributed by atoms with van der Waals surface area (Å²) in [5.74, 6) is 0. The van der Waals surface area contributed by atoms with Crippen molar-refractivity contribution in [2.45, 2.75) is 52.4 Å². The van der Waals surface area contributed by atoms with Crippen LogP contribution in [-0.2, 0) is 36.7 Å². The maximum absolute atomic E-state index is 6.03. The van der Waals surface area contributed by atoms with Gasteiger partial charge in [-0.2, -0.15) is 23.8 Å². The molecule has 1 heteroatoms. The number of rotatable bonds is 2. The molecule has 0 aliphatic rings. The van der Waals surface area contributed by atoms with Crippen molar-refractivity contribution in [2.75, 3.05) is 0 Å². The van der Waals surface area contributed by atoms with E-state index in [1.54, 1.807) is 0 Å². The standard InChI is InChI=1S/C21H25.C14H11.C5H5.CH3.Hf/c1-20(2,3)16-7-9-18-14(12-16)11-15-13-17(21(4,5)6)8-10-19(15)18;1-12(13-8-4-2-5-9-13)14-10-6-3-7-11-14;1-2-4-5-3-1;;/h7-13H,1-6H3;1-11H;1-5H;1H3;/q4*-1;+4. The molecule has 0 amide bonds. The quantitative estimate of drug-likeness (QED) is 0.124. The molecule has 0 atom stereocenters. The third-order valence-electron chi connectivity index (χ3n) is 7.16. The van der Waals surface area contributed by atoms with Crippen molar-refractivity contribution in [3.8, 4) is 0 Å². The first-order chi connectivity index (χ1) is 19.0. The van der Waals surface area contributed by atoms with Crippen LogP contribution in [0.25, 0.3) is 27.1 Å². The van der Waals surface area contributed by atoms with Crippen molar-refractivity contribution in [3.05, 3.63) is 170 Å². The van der Waals surface area contributed by atoms with Gasteiger partial charge in [-0.15, -0.1) is 75.1 Å². The van der Waals surface area contributed by atoms with E-state index < -0.39 is 0 Å². The molecule has 6 aromatic rings.